The molecule has 1 unspecified atom stereocenters. The van der Waals surface area contributed by atoms with Crippen molar-refractivity contribution >= 4 is 5.97 Å². The summed E-state index contributed by atoms with van der Waals surface area (Å²) in [6.45, 7) is 8.66. The molecule has 0 amide bonds. The average molecular weight is 240 g/mol. The van der Waals surface area contributed by atoms with Gasteiger partial charge in [0.1, 0.15) is 0 Å². The van der Waals surface area contributed by atoms with E-state index in [-0.39, 0.29) is 5.97 Å². The van der Waals surface area contributed by atoms with E-state index in [0.29, 0.717) is 12.5 Å². The molecule has 0 fully saturated rings. The molecule has 0 bridgehead atoms. The predicted molar refractivity (Wildman–Crippen MR) is 72.9 cm³/mol. The molecule has 1 atom stereocenters. The van der Waals surface area contributed by atoms with Crippen molar-refractivity contribution in [3.05, 3.63) is 11.6 Å². The van der Waals surface area contributed by atoms with Gasteiger partial charge in [-0.2, -0.15) is 0 Å². The highest BCUT2D eigenvalue weighted by Gasteiger charge is 2.04. The second kappa shape index (κ2) is 10.4. The molecule has 0 saturated carbocycles. The van der Waals surface area contributed by atoms with Gasteiger partial charge < -0.3 is 4.74 Å². The summed E-state index contributed by atoms with van der Waals surface area (Å²) in [5, 5.41) is 0. The maximum Gasteiger partial charge on any atom is 0.302 e. The molecular weight excluding hydrogens is 212 g/mol. The largest absolute Gasteiger partial charge is 0.466 e. The van der Waals surface area contributed by atoms with Crippen molar-refractivity contribution < 1.29 is 9.53 Å². The molecule has 0 rings (SSSR count). The SMILES string of the molecule is CCCCCC=C(C)CC(C)CCOC(C)=O. The molecule has 17 heavy (non-hydrogen) atoms. The summed E-state index contributed by atoms with van der Waals surface area (Å²) in [6, 6.07) is 0. The lowest BCUT2D eigenvalue weighted by molar-refractivity contribution is -0.141. The van der Waals surface area contributed by atoms with Crippen LogP contribution in [0.2, 0.25) is 0 Å². The van der Waals surface area contributed by atoms with Crippen LogP contribution < -0.4 is 0 Å². The highest BCUT2D eigenvalue weighted by Crippen LogP contribution is 2.15. The van der Waals surface area contributed by atoms with E-state index < -0.39 is 0 Å². The van der Waals surface area contributed by atoms with E-state index in [1.165, 1.54) is 38.2 Å². The van der Waals surface area contributed by atoms with E-state index in [9.17, 15) is 4.79 Å². The average Bonchev–Trinajstić information content (AvgIpc) is 2.23. The lowest BCUT2D eigenvalue weighted by Gasteiger charge is -2.11. The first-order valence-electron chi connectivity index (χ1n) is 6.85. The summed E-state index contributed by atoms with van der Waals surface area (Å²) >= 11 is 0. The van der Waals surface area contributed by atoms with Gasteiger partial charge in [-0.05, 0) is 38.5 Å². The summed E-state index contributed by atoms with van der Waals surface area (Å²) in [7, 11) is 0. The molecule has 0 aromatic rings. The molecule has 2 heteroatoms. The molecule has 0 aromatic heterocycles. The van der Waals surface area contributed by atoms with Crippen molar-refractivity contribution in [2.24, 2.45) is 5.92 Å². The van der Waals surface area contributed by atoms with E-state index in [1.807, 2.05) is 0 Å². The first-order chi connectivity index (χ1) is 8.06. The summed E-state index contributed by atoms with van der Waals surface area (Å²) in [6.07, 6.45) is 9.55. The van der Waals surface area contributed by atoms with Crippen LogP contribution in [0.1, 0.15) is 66.2 Å². The lowest BCUT2D eigenvalue weighted by Crippen LogP contribution is -2.05. The highest BCUT2D eigenvalue weighted by molar-refractivity contribution is 5.65. The number of allylic oxidation sites excluding steroid dienone is 2. The molecule has 0 aliphatic rings. The van der Waals surface area contributed by atoms with Gasteiger partial charge in [0.25, 0.3) is 0 Å². The van der Waals surface area contributed by atoms with Crippen LogP contribution in [-0.2, 0) is 9.53 Å². The number of ether oxygens (including phenoxy) is 1. The van der Waals surface area contributed by atoms with Gasteiger partial charge in [-0.25, -0.2) is 0 Å². The molecule has 0 aliphatic heterocycles. The zero-order valence-electron chi connectivity index (χ0n) is 11.9. The van der Waals surface area contributed by atoms with Gasteiger partial charge in [0.2, 0.25) is 0 Å². The maximum atomic E-state index is 10.6. The Morgan fingerprint density at radius 3 is 2.59 bits per heavy atom. The monoisotopic (exact) mass is 240 g/mol. The third-order valence-corrected chi connectivity index (χ3v) is 2.89. The molecule has 0 spiro atoms. The molecule has 0 radical (unpaired) electrons. The van der Waals surface area contributed by atoms with Crippen molar-refractivity contribution in [3.8, 4) is 0 Å². The topological polar surface area (TPSA) is 26.3 Å². The Balaban J connectivity index is 3.63. The van der Waals surface area contributed by atoms with Crippen molar-refractivity contribution in [1.82, 2.24) is 0 Å². The van der Waals surface area contributed by atoms with Gasteiger partial charge in [0, 0.05) is 6.92 Å². The first kappa shape index (κ1) is 16.2. The summed E-state index contributed by atoms with van der Waals surface area (Å²) in [5.41, 5.74) is 1.47. The van der Waals surface area contributed by atoms with Crippen LogP contribution in [0.5, 0.6) is 0 Å². The minimum absolute atomic E-state index is 0.177. The third kappa shape index (κ3) is 11.5. The number of carbonyl (C=O) groups excluding carboxylic acids is 1. The quantitative estimate of drug-likeness (QED) is 0.337. The van der Waals surface area contributed by atoms with Crippen molar-refractivity contribution in [1.29, 1.82) is 0 Å². The molecule has 0 saturated heterocycles. The van der Waals surface area contributed by atoms with Crippen molar-refractivity contribution in [2.75, 3.05) is 6.61 Å². The minimum atomic E-state index is -0.177. The Bertz CT molecular complexity index is 231. The number of carbonyl (C=O) groups is 1. The van der Waals surface area contributed by atoms with E-state index in [0.717, 1.165) is 12.8 Å². The van der Waals surface area contributed by atoms with Gasteiger partial charge in [-0.15, -0.1) is 0 Å². The van der Waals surface area contributed by atoms with Crippen LogP contribution in [-0.4, -0.2) is 12.6 Å². The molecule has 2 nitrogen and oxygen atoms in total. The standard InChI is InChI=1S/C15H28O2/c1-5-6-7-8-9-13(2)12-14(3)10-11-17-15(4)16/h9,14H,5-8,10-12H2,1-4H3. The van der Waals surface area contributed by atoms with E-state index in [1.54, 1.807) is 0 Å². The normalized spacial score (nSPS) is 13.5. The molecule has 0 aliphatic carbocycles. The predicted octanol–water partition coefficient (Wildman–Crippen LogP) is 4.49. The Morgan fingerprint density at radius 1 is 1.29 bits per heavy atom. The van der Waals surface area contributed by atoms with Crippen LogP contribution in [0.15, 0.2) is 11.6 Å². The van der Waals surface area contributed by atoms with Crippen LogP contribution in [0, 0.1) is 5.92 Å². The summed E-state index contributed by atoms with van der Waals surface area (Å²) < 4.78 is 4.95. The summed E-state index contributed by atoms with van der Waals surface area (Å²) in [4.78, 5) is 10.6. The second-order valence-corrected chi connectivity index (χ2v) is 4.98. The lowest BCUT2D eigenvalue weighted by atomic mass is 9.98. The summed E-state index contributed by atoms with van der Waals surface area (Å²) in [5.74, 6) is 0.417. The molecule has 0 N–H and O–H groups in total. The second-order valence-electron chi connectivity index (χ2n) is 4.98. The van der Waals surface area contributed by atoms with Crippen LogP contribution >= 0.6 is 0 Å². The molecular formula is C15H28O2. The Hall–Kier alpha value is -0.790. The zero-order valence-corrected chi connectivity index (χ0v) is 11.9. The van der Waals surface area contributed by atoms with Crippen LogP contribution in [0.25, 0.3) is 0 Å². The highest BCUT2D eigenvalue weighted by atomic mass is 16.5. The van der Waals surface area contributed by atoms with Gasteiger partial charge in [0.05, 0.1) is 6.61 Å². The van der Waals surface area contributed by atoms with Gasteiger partial charge in [-0.3, -0.25) is 4.79 Å². The van der Waals surface area contributed by atoms with Gasteiger partial charge in [0.15, 0.2) is 0 Å². The molecule has 0 heterocycles. The van der Waals surface area contributed by atoms with Crippen LogP contribution in [0.4, 0.5) is 0 Å². The fourth-order valence-corrected chi connectivity index (χ4v) is 1.88. The first-order valence-corrected chi connectivity index (χ1v) is 6.85. The van der Waals surface area contributed by atoms with Crippen molar-refractivity contribution in [2.45, 2.75) is 66.2 Å². The number of esters is 1. The minimum Gasteiger partial charge on any atom is -0.466 e. The smallest absolute Gasteiger partial charge is 0.302 e. The van der Waals surface area contributed by atoms with Crippen LogP contribution in [0.3, 0.4) is 0 Å². The Morgan fingerprint density at radius 2 is 2.00 bits per heavy atom. The Kier molecular flexibility index (Phi) is 9.89. The van der Waals surface area contributed by atoms with Gasteiger partial charge >= 0.3 is 5.97 Å². The Labute approximate surface area is 106 Å². The zero-order chi connectivity index (χ0) is 13.1. The van der Waals surface area contributed by atoms with E-state index in [4.69, 9.17) is 4.74 Å². The number of unbranched alkanes of at least 4 members (excludes halogenated alkanes) is 3. The van der Waals surface area contributed by atoms with Crippen molar-refractivity contribution in [3.63, 3.8) is 0 Å². The fourth-order valence-electron chi connectivity index (χ4n) is 1.88. The molecule has 0 aromatic carbocycles. The fraction of sp³-hybridized carbons (Fsp3) is 0.800. The number of hydrogen-bond acceptors (Lipinski definition) is 2. The number of rotatable bonds is 9. The third-order valence-electron chi connectivity index (χ3n) is 2.89. The van der Waals surface area contributed by atoms with Gasteiger partial charge in [-0.1, -0.05) is 38.3 Å². The maximum absolute atomic E-state index is 10.6. The number of hydrogen-bond donors (Lipinski definition) is 0. The van der Waals surface area contributed by atoms with E-state index >= 15 is 0 Å². The van der Waals surface area contributed by atoms with E-state index in [2.05, 4.69) is 26.8 Å². The molecule has 100 valence electrons.